The lowest BCUT2D eigenvalue weighted by molar-refractivity contribution is 0.102. The SMILES string of the molecule is Cn1c(C2CC2)nc2cc(NC(=O)c3cnc(N)c(Cl)c3)ccc21. The summed E-state index contributed by atoms with van der Waals surface area (Å²) in [6, 6.07) is 7.22. The van der Waals surface area contributed by atoms with Crippen LogP contribution in [0.3, 0.4) is 0 Å². The second kappa shape index (κ2) is 5.49. The molecule has 24 heavy (non-hydrogen) atoms. The van der Waals surface area contributed by atoms with Gasteiger partial charge in [-0.25, -0.2) is 9.97 Å². The first-order valence-electron chi connectivity index (χ1n) is 7.71. The highest BCUT2D eigenvalue weighted by molar-refractivity contribution is 6.33. The number of anilines is 2. The maximum absolute atomic E-state index is 12.3. The van der Waals surface area contributed by atoms with Crippen LogP contribution in [-0.4, -0.2) is 20.4 Å². The van der Waals surface area contributed by atoms with Gasteiger partial charge in [0.2, 0.25) is 0 Å². The van der Waals surface area contributed by atoms with Gasteiger partial charge in [-0.3, -0.25) is 4.79 Å². The van der Waals surface area contributed by atoms with Crippen molar-refractivity contribution >= 4 is 40.0 Å². The van der Waals surface area contributed by atoms with Gasteiger partial charge in [0.1, 0.15) is 11.6 Å². The zero-order valence-corrected chi connectivity index (χ0v) is 13.8. The molecule has 1 amide bonds. The van der Waals surface area contributed by atoms with Gasteiger partial charge in [0, 0.05) is 24.8 Å². The third-order valence-electron chi connectivity index (χ3n) is 4.25. The summed E-state index contributed by atoms with van der Waals surface area (Å²) in [7, 11) is 2.03. The molecule has 1 saturated carbocycles. The zero-order valence-electron chi connectivity index (χ0n) is 13.1. The van der Waals surface area contributed by atoms with Crippen molar-refractivity contribution in [1.29, 1.82) is 0 Å². The van der Waals surface area contributed by atoms with E-state index in [0.29, 0.717) is 17.2 Å². The number of amides is 1. The minimum atomic E-state index is -0.290. The first-order chi connectivity index (χ1) is 11.5. The maximum Gasteiger partial charge on any atom is 0.257 e. The van der Waals surface area contributed by atoms with E-state index in [4.69, 9.17) is 22.3 Å². The Kier molecular flexibility index (Phi) is 3.42. The molecule has 1 aliphatic carbocycles. The van der Waals surface area contributed by atoms with Gasteiger partial charge in [0.25, 0.3) is 5.91 Å². The summed E-state index contributed by atoms with van der Waals surface area (Å²) in [6.45, 7) is 0. The summed E-state index contributed by atoms with van der Waals surface area (Å²) in [4.78, 5) is 20.9. The molecule has 0 bridgehead atoms. The number of hydrogen-bond donors (Lipinski definition) is 2. The molecule has 1 fully saturated rings. The standard InChI is InChI=1S/C17H16ClN5O/c1-23-14-5-4-11(7-13(14)22-16(23)9-2-3-9)21-17(24)10-6-12(18)15(19)20-8-10/h4-9H,2-3H2,1H3,(H2,19,20)(H,21,24). The molecule has 1 aromatic carbocycles. The smallest absolute Gasteiger partial charge is 0.257 e. The lowest BCUT2D eigenvalue weighted by Crippen LogP contribution is -2.12. The largest absolute Gasteiger partial charge is 0.382 e. The number of nitrogen functional groups attached to an aromatic ring is 1. The number of nitrogens with two attached hydrogens (primary N) is 1. The number of hydrogen-bond acceptors (Lipinski definition) is 4. The van der Waals surface area contributed by atoms with Crippen LogP contribution in [0.2, 0.25) is 5.02 Å². The van der Waals surface area contributed by atoms with Crippen LogP contribution in [0.5, 0.6) is 0 Å². The highest BCUT2D eigenvalue weighted by Crippen LogP contribution is 2.40. The highest BCUT2D eigenvalue weighted by atomic mass is 35.5. The van der Waals surface area contributed by atoms with Gasteiger partial charge in [0.05, 0.1) is 21.6 Å². The van der Waals surface area contributed by atoms with Crippen molar-refractivity contribution in [3.05, 3.63) is 46.9 Å². The van der Waals surface area contributed by atoms with E-state index >= 15 is 0 Å². The Labute approximate surface area is 143 Å². The number of carbonyl (C=O) groups excluding carboxylic acids is 1. The second-order valence-electron chi connectivity index (χ2n) is 6.05. The fourth-order valence-electron chi connectivity index (χ4n) is 2.78. The van der Waals surface area contributed by atoms with E-state index in [-0.39, 0.29) is 16.7 Å². The first-order valence-corrected chi connectivity index (χ1v) is 8.09. The van der Waals surface area contributed by atoms with E-state index in [0.717, 1.165) is 16.9 Å². The van der Waals surface area contributed by atoms with E-state index < -0.39 is 0 Å². The van der Waals surface area contributed by atoms with Crippen LogP contribution in [0, 0.1) is 0 Å². The predicted molar refractivity (Wildman–Crippen MR) is 94.3 cm³/mol. The number of fused-ring (bicyclic) bond motifs is 1. The van der Waals surface area contributed by atoms with Crippen LogP contribution in [0.1, 0.15) is 34.9 Å². The summed E-state index contributed by atoms with van der Waals surface area (Å²) in [6.07, 6.45) is 3.80. The average Bonchev–Trinajstić information content (AvgIpc) is 3.35. The fraction of sp³-hybridized carbons (Fsp3) is 0.235. The fourth-order valence-corrected chi connectivity index (χ4v) is 2.95. The summed E-state index contributed by atoms with van der Waals surface area (Å²) in [5.74, 6) is 1.60. The van der Waals surface area contributed by atoms with Crippen molar-refractivity contribution in [2.24, 2.45) is 7.05 Å². The van der Waals surface area contributed by atoms with Crippen molar-refractivity contribution in [1.82, 2.24) is 14.5 Å². The molecule has 0 radical (unpaired) electrons. The number of aryl methyl sites for hydroxylation is 1. The molecule has 2 aromatic heterocycles. The summed E-state index contributed by atoms with van der Waals surface area (Å²) >= 11 is 5.91. The van der Waals surface area contributed by atoms with Crippen LogP contribution in [0.4, 0.5) is 11.5 Å². The predicted octanol–water partition coefficient (Wildman–Crippen LogP) is 3.33. The molecule has 3 aromatic rings. The Hall–Kier alpha value is -2.60. The molecule has 0 saturated heterocycles. The third kappa shape index (κ3) is 2.59. The van der Waals surface area contributed by atoms with Crippen LogP contribution >= 0.6 is 11.6 Å². The first kappa shape index (κ1) is 15.0. The van der Waals surface area contributed by atoms with Gasteiger partial charge in [-0.1, -0.05) is 11.6 Å². The number of carbonyl (C=O) groups is 1. The summed E-state index contributed by atoms with van der Waals surface area (Å²) < 4.78 is 2.13. The van der Waals surface area contributed by atoms with E-state index in [9.17, 15) is 4.79 Å². The Bertz CT molecular complexity index is 961. The van der Waals surface area contributed by atoms with Gasteiger partial charge in [-0.2, -0.15) is 0 Å². The number of aromatic nitrogens is 3. The normalized spacial score (nSPS) is 14.1. The lowest BCUT2D eigenvalue weighted by Gasteiger charge is -2.06. The Morgan fingerprint density at radius 2 is 2.17 bits per heavy atom. The second-order valence-corrected chi connectivity index (χ2v) is 6.46. The van der Waals surface area contributed by atoms with Crippen molar-refractivity contribution in [2.75, 3.05) is 11.1 Å². The maximum atomic E-state index is 12.3. The number of rotatable bonds is 3. The molecule has 0 aliphatic heterocycles. The third-order valence-corrected chi connectivity index (χ3v) is 4.55. The molecule has 2 heterocycles. The Morgan fingerprint density at radius 1 is 1.38 bits per heavy atom. The molecule has 3 N–H and O–H groups in total. The minimum absolute atomic E-state index is 0.204. The molecular formula is C17H16ClN5O. The number of nitrogens with zero attached hydrogens (tertiary/aromatic N) is 3. The molecule has 4 rings (SSSR count). The van der Waals surface area contributed by atoms with Crippen molar-refractivity contribution in [3.63, 3.8) is 0 Å². The molecule has 122 valence electrons. The number of benzene rings is 1. The lowest BCUT2D eigenvalue weighted by atomic mass is 10.2. The molecule has 1 aliphatic rings. The highest BCUT2D eigenvalue weighted by Gasteiger charge is 2.28. The molecule has 0 atom stereocenters. The molecule has 7 heteroatoms. The number of nitrogens with one attached hydrogen (secondary N) is 1. The quantitative estimate of drug-likeness (QED) is 0.765. The summed E-state index contributed by atoms with van der Waals surface area (Å²) in [5, 5.41) is 3.10. The molecule has 0 spiro atoms. The van der Waals surface area contributed by atoms with Gasteiger partial charge in [-0.15, -0.1) is 0 Å². The summed E-state index contributed by atoms with van der Waals surface area (Å²) in [5.41, 5.74) is 8.54. The van der Waals surface area contributed by atoms with Crippen LogP contribution < -0.4 is 11.1 Å². The van der Waals surface area contributed by atoms with Crippen molar-refractivity contribution in [2.45, 2.75) is 18.8 Å². The van der Waals surface area contributed by atoms with Crippen LogP contribution in [-0.2, 0) is 7.05 Å². The van der Waals surface area contributed by atoms with E-state index in [1.165, 1.54) is 25.1 Å². The zero-order chi connectivity index (χ0) is 16.8. The van der Waals surface area contributed by atoms with Gasteiger partial charge in [-0.05, 0) is 37.1 Å². The number of imidazole rings is 1. The molecule has 0 unspecified atom stereocenters. The van der Waals surface area contributed by atoms with E-state index in [2.05, 4.69) is 14.9 Å². The number of halogens is 1. The topological polar surface area (TPSA) is 85.8 Å². The average molecular weight is 342 g/mol. The van der Waals surface area contributed by atoms with Crippen molar-refractivity contribution < 1.29 is 4.79 Å². The van der Waals surface area contributed by atoms with Gasteiger partial charge >= 0.3 is 0 Å². The molecule has 6 nitrogen and oxygen atoms in total. The monoisotopic (exact) mass is 341 g/mol. The van der Waals surface area contributed by atoms with Gasteiger partial charge in [0.15, 0.2) is 0 Å². The van der Waals surface area contributed by atoms with Crippen LogP contribution in [0.25, 0.3) is 11.0 Å². The Balaban J connectivity index is 1.61. The number of pyridine rings is 1. The van der Waals surface area contributed by atoms with E-state index in [1.807, 2.05) is 25.2 Å². The van der Waals surface area contributed by atoms with Gasteiger partial charge < -0.3 is 15.6 Å². The minimum Gasteiger partial charge on any atom is -0.382 e. The van der Waals surface area contributed by atoms with Crippen molar-refractivity contribution in [3.8, 4) is 0 Å². The molecular weight excluding hydrogens is 326 g/mol. The Morgan fingerprint density at radius 3 is 2.88 bits per heavy atom. The van der Waals surface area contributed by atoms with E-state index in [1.54, 1.807) is 0 Å². The van der Waals surface area contributed by atoms with Crippen LogP contribution in [0.15, 0.2) is 30.5 Å².